The van der Waals surface area contributed by atoms with Gasteiger partial charge in [-0.25, -0.2) is 4.79 Å². The van der Waals surface area contributed by atoms with Gasteiger partial charge in [0.2, 0.25) is 0 Å². The standard InChI is InChI=1S/C12H8N2O2/c15-12(16)9-6-10-8(3-5-13-10)11-7(9)2-1-4-14-11/h1-5H,6H2,(H,15,16). The van der Waals surface area contributed by atoms with E-state index in [0.717, 1.165) is 16.6 Å². The number of hydrogen-bond acceptors (Lipinski definition) is 3. The minimum atomic E-state index is -0.900. The molecule has 0 bridgehead atoms. The highest BCUT2D eigenvalue weighted by molar-refractivity contribution is 6.30. The Kier molecular flexibility index (Phi) is 1.77. The molecule has 4 heteroatoms. The van der Waals surface area contributed by atoms with E-state index in [0.29, 0.717) is 17.2 Å². The minimum Gasteiger partial charge on any atom is -0.478 e. The van der Waals surface area contributed by atoms with Crippen molar-refractivity contribution in [3.63, 3.8) is 0 Å². The molecule has 2 aliphatic rings. The number of aromatic nitrogens is 1. The Labute approximate surface area is 91.0 Å². The summed E-state index contributed by atoms with van der Waals surface area (Å²) < 4.78 is 0. The summed E-state index contributed by atoms with van der Waals surface area (Å²) in [5.74, 6) is -0.900. The molecule has 0 amide bonds. The van der Waals surface area contributed by atoms with E-state index in [1.54, 1.807) is 24.5 Å². The molecule has 0 atom stereocenters. The molecule has 0 saturated heterocycles. The minimum absolute atomic E-state index is 0.370. The Morgan fingerprint density at radius 3 is 3.12 bits per heavy atom. The van der Waals surface area contributed by atoms with Crippen molar-refractivity contribution in [3.05, 3.63) is 41.2 Å². The van der Waals surface area contributed by atoms with Crippen LogP contribution in [0, 0.1) is 0 Å². The van der Waals surface area contributed by atoms with Gasteiger partial charge >= 0.3 is 5.97 Å². The highest BCUT2D eigenvalue weighted by Crippen LogP contribution is 2.18. The summed E-state index contributed by atoms with van der Waals surface area (Å²) in [5.41, 5.74) is 2.11. The van der Waals surface area contributed by atoms with Gasteiger partial charge in [-0.15, -0.1) is 0 Å². The zero-order valence-electron chi connectivity index (χ0n) is 8.34. The van der Waals surface area contributed by atoms with E-state index >= 15 is 0 Å². The van der Waals surface area contributed by atoms with Crippen LogP contribution in [-0.4, -0.2) is 21.8 Å². The van der Waals surface area contributed by atoms with E-state index in [9.17, 15) is 4.79 Å². The van der Waals surface area contributed by atoms with E-state index < -0.39 is 5.97 Å². The van der Waals surface area contributed by atoms with Gasteiger partial charge in [0, 0.05) is 29.6 Å². The van der Waals surface area contributed by atoms with Crippen LogP contribution >= 0.6 is 0 Å². The molecule has 78 valence electrons. The highest BCUT2D eigenvalue weighted by Gasteiger charge is 2.22. The average Bonchev–Trinajstić information content (AvgIpc) is 2.75. The Balaban J connectivity index is 2.52. The number of nitrogens with zero attached hydrogens (tertiary/aromatic N) is 2. The molecule has 1 aliphatic heterocycles. The van der Waals surface area contributed by atoms with Crippen LogP contribution in [0.1, 0.15) is 6.42 Å². The van der Waals surface area contributed by atoms with Crippen molar-refractivity contribution in [2.45, 2.75) is 6.42 Å². The summed E-state index contributed by atoms with van der Waals surface area (Å²) in [6, 6.07) is 3.55. The molecule has 0 aromatic carbocycles. The summed E-state index contributed by atoms with van der Waals surface area (Å²) in [7, 11) is 0. The third-order valence-electron chi connectivity index (χ3n) is 2.77. The molecule has 2 heterocycles. The number of hydrogen-bond donors (Lipinski definition) is 1. The fourth-order valence-corrected chi connectivity index (χ4v) is 2.04. The lowest BCUT2D eigenvalue weighted by atomic mass is 9.95. The van der Waals surface area contributed by atoms with E-state index in [2.05, 4.69) is 9.98 Å². The number of carboxylic acid groups (broad SMARTS) is 1. The maximum Gasteiger partial charge on any atom is 0.332 e. The summed E-state index contributed by atoms with van der Waals surface area (Å²) >= 11 is 0. The summed E-state index contributed by atoms with van der Waals surface area (Å²) in [5, 5.41) is 10.6. The summed E-state index contributed by atoms with van der Waals surface area (Å²) in [6.45, 7) is 0. The Morgan fingerprint density at radius 1 is 1.44 bits per heavy atom. The molecule has 16 heavy (non-hydrogen) atoms. The molecule has 1 aliphatic carbocycles. The van der Waals surface area contributed by atoms with Crippen LogP contribution in [0.15, 0.2) is 35.6 Å². The number of rotatable bonds is 1. The fraction of sp³-hybridized carbons (Fsp3) is 0.0833. The number of aliphatic carboxylic acids is 1. The van der Waals surface area contributed by atoms with Crippen molar-refractivity contribution in [2.24, 2.45) is 4.99 Å². The Hall–Kier alpha value is -2.23. The van der Waals surface area contributed by atoms with Gasteiger partial charge in [-0.1, -0.05) is 6.07 Å². The summed E-state index contributed by atoms with van der Waals surface area (Å²) in [4.78, 5) is 19.6. The smallest absolute Gasteiger partial charge is 0.332 e. The largest absolute Gasteiger partial charge is 0.478 e. The van der Waals surface area contributed by atoms with Crippen molar-refractivity contribution in [3.8, 4) is 0 Å². The molecular weight excluding hydrogens is 204 g/mol. The third-order valence-corrected chi connectivity index (χ3v) is 2.77. The number of fused-ring (bicyclic) bond motifs is 2. The van der Waals surface area contributed by atoms with Gasteiger partial charge in [0.25, 0.3) is 0 Å². The maximum atomic E-state index is 11.2. The molecule has 1 aromatic rings. The first kappa shape index (κ1) is 9.03. The molecule has 0 unspecified atom stereocenters. The highest BCUT2D eigenvalue weighted by atomic mass is 16.4. The van der Waals surface area contributed by atoms with E-state index in [1.807, 2.05) is 6.08 Å². The SMILES string of the molecule is O=C(O)C1=c2cccnc2=C2C=CN=C2C1. The lowest BCUT2D eigenvalue weighted by Crippen LogP contribution is -2.38. The predicted octanol–water partition coefficient (Wildman–Crippen LogP) is -0.160. The normalized spacial score (nSPS) is 16.9. The molecular formula is C12H8N2O2. The van der Waals surface area contributed by atoms with Crippen LogP contribution in [-0.2, 0) is 4.79 Å². The molecule has 4 nitrogen and oxygen atoms in total. The van der Waals surface area contributed by atoms with E-state index in [1.165, 1.54) is 0 Å². The van der Waals surface area contributed by atoms with Crippen LogP contribution in [0.5, 0.6) is 0 Å². The lowest BCUT2D eigenvalue weighted by molar-refractivity contribution is -0.130. The number of carbonyl (C=O) groups is 1. The van der Waals surface area contributed by atoms with Crippen LogP contribution in [0.2, 0.25) is 0 Å². The molecule has 0 saturated carbocycles. The van der Waals surface area contributed by atoms with E-state index in [-0.39, 0.29) is 0 Å². The van der Waals surface area contributed by atoms with E-state index in [4.69, 9.17) is 5.11 Å². The lowest BCUT2D eigenvalue weighted by Gasteiger charge is -2.10. The van der Waals surface area contributed by atoms with Crippen molar-refractivity contribution >= 4 is 22.8 Å². The number of aliphatic imine (C=N–C) groups is 1. The number of carboxylic acids is 1. The van der Waals surface area contributed by atoms with Crippen molar-refractivity contribution in [1.82, 2.24) is 4.98 Å². The molecule has 1 aromatic heterocycles. The second-order valence-electron chi connectivity index (χ2n) is 3.67. The first-order chi connectivity index (χ1) is 7.77. The van der Waals surface area contributed by atoms with Crippen molar-refractivity contribution in [2.75, 3.05) is 0 Å². The second kappa shape index (κ2) is 3.13. The van der Waals surface area contributed by atoms with Gasteiger partial charge in [0.1, 0.15) is 0 Å². The Bertz CT molecular complexity index is 669. The predicted molar refractivity (Wildman–Crippen MR) is 59.1 cm³/mol. The van der Waals surface area contributed by atoms with Crippen molar-refractivity contribution in [1.29, 1.82) is 0 Å². The maximum absolute atomic E-state index is 11.2. The quantitative estimate of drug-likeness (QED) is 0.703. The monoisotopic (exact) mass is 212 g/mol. The second-order valence-corrected chi connectivity index (χ2v) is 3.67. The molecule has 3 rings (SSSR count). The molecule has 0 fully saturated rings. The van der Waals surface area contributed by atoms with Gasteiger partial charge in [0.05, 0.1) is 16.6 Å². The number of allylic oxidation sites excluding steroid dienone is 1. The summed E-state index contributed by atoms with van der Waals surface area (Å²) in [6.07, 6.45) is 5.60. The molecule has 1 N–H and O–H groups in total. The first-order valence-electron chi connectivity index (χ1n) is 4.93. The number of pyridine rings is 1. The third kappa shape index (κ3) is 1.13. The van der Waals surface area contributed by atoms with Gasteiger partial charge in [0.15, 0.2) is 0 Å². The first-order valence-corrected chi connectivity index (χ1v) is 4.93. The van der Waals surface area contributed by atoms with Crippen LogP contribution in [0.25, 0.3) is 11.1 Å². The zero-order valence-corrected chi connectivity index (χ0v) is 8.34. The van der Waals surface area contributed by atoms with Gasteiger partial charge < -0.3 is 5.11 Å². The van der Waals surface area contributed by atoms with Crippen LogP contribution in [0.3, 0.4) is 0 Å². The van der Waals surface area contributed by atoms with Gasteiger partial charge in [-0.05, 0) is 12.1 Å². The van der Waals surface area contributed by atoms with Crippen LogP contribution < -0.4 is 10.6 Å². The average molecular weight is 212 g/mol. The fourth-order valence-electron chi connectivity index (χ4n) is 2.04. The Morgan fingerprint density at radius 2 is 2.31 bits per heavy atom. The molecule has 0 spiro atoms. The van der Waals surface area contributed by atoms with Gasteiger partial charge in [-0.3, -0.25) is 9.98 Å². The van der Waals surface area contributed by atoms with Crippen molar-refractivity contribution < 1.29 is 9.90 Å². The van der Waals surface area contributed by atoms with Gasteiger partial charge in [-0.2, -0.15) is 0 Å². The zero-order chi connectivity index (χ0) is 11.1. The topological polar surface area (TPSA) is 62.5 Å². The molecule has 0 radical (unpaired) electrons. The van der Waals surface area contributed by atoms with Crippen LogP contribution in [0.4, 0.5) is 0 Å².